The highest BCUT2D eigenvalue weighted by atomic mass is 19.1. The van der Waals surface area contributed by atoms with Crippen molar-refractivity contribution >= 4 is 11.7 Å². The number of ether oxygens (including phenoxy) is 1. The summed E-state index contributed by atoms with van der Waals surface area (Å²) in [5.41, 5.74) is 7.94. The Balaban J connectivity index is 2.09. The van der Waals surface area contributed by atoms with Crippen molar-refractivity contribution < 1.29 is 13.9 Å². The first-order valence-electron chi connectivity index (χ1n) is 6.23. The van der Waals surface area contributed by atoms with Crippen LogP contribution in [0, 0.1) is 24.1 Å². The van der Waals surface area contributed by atoms with Crippen molar-refractivity contribution in [3.05, 3.63) is 64.5 Å². The van der Waals surface area contributed by atoms with E-state index in [0.717, 1.165) is 23.3 Å². The molecule has 5 heteroatoms. The van der Waals surface area contributed by atoms with Crippen LogP contribution >= 0.6 is 0 Å². The molecule has 106 valence electrons. The van der Waals surface area contributed by atoms with Gasteiger partial charge in [-0.05, 0) is 48.4 Å². The van der Waals surface area contributed by atoms with Crippen LogP contribution in [0.1, 0.15) is 27.0 Å². The zero-order valence-electron chi connectivity index (χ0n) is 11.4. The van der Waals surface area contributed by atoms with E-state index in [1.807, 2.05) is 13.0 Å². The minimum absolute atomic E-state index is 0.0385. The van der Waals surface area contributed by atoms with Crippen molar-refractivity contribution in [1.29, 1.82) is 5.26 Å². The Hall–Kier alpha value is -2.87. The van der Waals surface area contributed by atoms with Crippen LogP contribution in [0.25, 0.3) is 0 Å². The van der Waals surface area contributed by atoms with Gasteiger partial charge >= 0.3 is 5.97 Å². The van der Waals surface area contributed by atoms with Gasteiger partial charge < -0.3 is 10.5 Å². The van der Waals surface area contributed by atoms with E-state index in [1.54, 1.807) is 18.2 Å². The summed E-state index contributed by atoms with van der Waals surface area (Å²) in [6, 6.07) is 10.7. The Morgan fingerprint density at radius 1 is 1.33 bits per heavy atom. The van der Waals surface area contributed by atoms with E-state index >= 15 is 0 Å². The molecule has 0 saturated heterocycles. The van der Waals surface area contributed by atoms with Crippen molar-refractivity contribution in [2.45, 2.75) is 13.5 Å². The van der Waals surface area contributed by atoms with Crippen molar-refractivity contribution in [1.82, 2.24) is 0 Å². The molecule has 0 spiro atoms. The average Bonchev–Trinajstić information content (AvgIpc) is 2.45. The average molecular weight is 284 g/mol. The van der Waals surface area contributed by atoms with Crippen LogP contribution in [-0.4, -0.2) is 5.97 Å². The molecule has 2 N–H and O–H groups in total. The fraction of sp³-hybridized carbons (Fsp3) is 0.125. The van der Waals surface area contributed by atoms with E-state index in [-0.39, 0.29) is 17.9 Å². The maximum atomic E-state index is 12.9. The number of rotatable bonds is 3. The molecule has 0 unspecified atom stereocenters. The SMILES string of the molecule is Cc1cc(C#N)ccc1COC(=O)c1ccc(F)cc1N. The highest BCUT2D eigenvalue weighted by Gasteiger charge is 2.12. The summed E-state index contributed by atoms with van der Waals surface area (Å²) < 4.78 is 18.1. The number of halogens is 1. The number of nitrogens with zero attached hydrogens (tertiary/aromatic N) is 1. The lowest BCUT2D eigenvalue weighted by molar-refractivity contribution is 0.0473. The molecule has 0 aliphatic carbocycles. The third-order valence-corrected chi connectivity index (χ3v) is 3.06. The van der Waals surface area contributed by atoms with Crippen LogP contribution in [-0.2, 0) is 11.3 Å². The minimum Gasteiger partial charge on any atom is -0.457 e. The summed E-state index contributed by atoms with van der Waals surface area (Å²) in [4.78, 5) is 11.9. The number of nitriles is 1. The molecule has 0 radical (unpaired) electrons. The first-order chi connectivity index (χ1) is 10.0. The number of esters is 1. The van der Waals surface area contributed by atoms with Gasteiger partial charge in [0.15, 0.2) is 0 Å². The molecule has 2 aromatic carbocycles. The lowest BCUT2D eigenvalue weighted by atomic mass is 10.1. The zero-order chi connectivity index (χ0) is 15.4. The largest absolute Gasteiger partial charge is 0.457 e. The van der Waals surface area contributed by atoms with Crippen LogP contribution in [0.5, 0.6) is 0 Å². The number of hydrogen-bond donors (Lipinski definition) is 1. The second kappa shape index (κ2) is 6.06. The van der Waals surface area contributed by atoms with Gasteiger partial charge in [0.05, 0.1) is 17.2 Å². The Morgan fingerprint density at radius 3 is 2.71 bits per heavy atom. The van der Waals surface area contributed by atoms with Crippen LogP contribution in [0.15, 0.2) is 36.4 Å². The predicted molar refractivity (Wildman–Crippen MR) is 75.8 cm³/mol. The molecular weight excluding hydrogens is 271 g/mol. The summed E-state index contributed by atoms with van der Waals surface area (Å²) in [5.74, 6) is -1.12. The number of nitrogen functional groups attached to an aromatic ring is 1. The summed E-state index contributed by atoms with van der Waals surface area (Å²) >= 11 is 0. The number of carbonyl (C=O) groups excluding carboxylic acids is 1. The van der Waals surface area contributed by atoms with Crippen molar-refractivity contribution in [2.24, 2.45) is 0 Å². The van der Waals surface area contributed by atoms with E-state index in [2.05, 4.69) is 0 Å². The molecule has 4 nitrogen and oxygen atoms in total. The molecule has 0 aliphatic rings. The summed E-state index contributed by atoms with van der Waals surface area (Å²) in [6.45, 7) is 1.89. The highest BCUT2D eigenvalue weighted by Crippen LogP contribution is 2.17. The first kappa shape index (κ1) is 14.5. The van der Waals surface area contributed by atoms with Gasteiger partial charge in [0.1, 0.15) is 12.4 Å². The van der Waals surface area contributed by atoms with Gasteiger partial charge in [-0.25, -0.2) is 9.18 Å². The van der Waals surface area contributed by atoms with Crippen molar-refractivity contribution in [2.75, 3.05) is 5.73 Å². The molecule has 0 saturated carbocycles. The van der Waals surface area contributed by atoms with E-state index in [4.69, 9.17) is 15.7 Å². The highest BCUT2D eigenvalue weighted by molar-refractivity contribution is 5.95. The van der Waals surface area contributed by atoms with Gasteiger partial charge in [-0.1, -0.05) is 6.07 Å². The number of anilines is 1. The molecule has 0 aromatic heterocycles. The fourth-order valence-corrected chi connectivity index (χ4v) is 1.87. The van der Waals surface area contributed by atoms with Gasteiger partial charge in [-0.15, -0.1) is 0 Å². The van der Waals surface area contributed by atoms with E-state index in [0.29, 0.717) is 5.56 Å². The van der Waals surface area contributed by atoms with E-state index in [9.17, 15) is 9.18 Å². The molecule has 0 atom stereocenters. The summed E-state index contributed by atoms with van der Waals surface area (Å²) in [7, 11) is 0. The Kier molecular flexibility index (Phi) is 4.19. The normalized spacial score (nSPS) is 9.95. The molecule has 0 amide bonds. The second-order valence-corrected chi connectivity index (χ2v) is 4.56. The summed E-state index contributed by atoms with van der Waals surface area (Å²) in [5, 5.41) is 8.79. The number of nitrogens with two attached hydrogens (primary N) is 1. The minimum atomic E-state index is -0.615. The second-order valence-electron chi connectivity index (χ2n) is 4.56. The van der Waals surface area contributed by atoms with Crippen LogP contribution in [0.3, 0.4) is 0 Å². The Morgan fingerprint density at radius 2 is 2.10 bits per heavy atom. The van der Waals surface area contributed by atoms with Gasteiger partial charge in [-0.2, -0.15) is 5.26 Å². The van der Waals surface area contributed by atoms with E-state index in [1.165, 1.54) is 6.07 Å². The first-order valence-corrected chi connectivity index (χ1v) is 6.23. The van der Waals surface area contributed by atoms with Crippen molar-refractivity contribution in [3.8, 4) is 6.07 Å². The molecule has 0 bridgehead atoms. The maximum Gasteiger partial charge on any atom is 0.340 e. The number of hydrogen-bond acceptors (Lipinski definition) is 4. The smallest absolute Gasteiger partial charge is 0.340 e. The lowest BCUT2D eigenvalue weighted by Crippen LogP contribution is -2.09. The van der Waals surface area contributed by atoms with Gasteiger partial charge in [0.2, 0.25) is 0 Å². The monoisotopic (exact) mass is 284 g/mol. The standard InChI is InChI=1S/C16H13FN2O2/c1-10-6-11(8-18)2-3-12(10)9-21-16(20)14-5-4-13(17)7-15(14)19/h2-7H,9,19H2,1H3. The molecular formula is C16H13FN2O2. The molecule has 0 fully saturated rings. The molecule has 0 heterocycles. The molecule has 21 heavy (non-hydrogen) atoms. The molecule has 0 aliphatic heterocycles. The number of aryl methyl sites for hydroxylation is 1. The Bertz CT molecular complexity index is 736. The van der Waals surface area contributed by atoms with E-state index < -0.39 is 11.8 Å². The van der Waals surface area contributed by atoms with Gasteiger partial charge in [-0.3, -0.25) is 0 Å². The zero-order valence-corrected chi connectivity index (χ0v) is 11.4. The molecule has 2 aromatic rings. The maximum absolute atomic E-state index is 12.9. The lowest BCUT2D eigenvalue weighted by Gasteiger charge is -2.09. The van der Waals surface area contributed by atoms with Crippen LogP contribution in [0.4, 0.5) is 10.1 Å². The molecule has 2 rings (SSSR count). The number of carbonyl (C=O) groups is 1. The fourth-order valence-electron chi connectivity index (χ4n) is 1.87. The van der Waals surface area contributed by atoms with Crippen molar-refractivity contribution in [3.63, 3.8) is 0 Å². The van der Waals surface area contributed by atoms with Gasteiger partial charge in [0.25, 0.3) is 0 Å². The number of benzene rings is 2. The quantitative estimate of drug-likeness (QED) is 0.694. The predicted octanol–water partition coefficient (Wildman–Crippen LogP) is 2.95. The van der Waals surface area contributed by atoms with Crippen LogP contribution < -0.4 is 5.73 Å². The van der Waals surface area contributed by atoms with Gasteiger partial charge in [0, 0.05) is 5.69 Å². The topological polar surface area (TPSA) is 76.1 Å². The third kappa shape index (κ3) is 3.37. The Labute approximate surface area is 121 Å². The summed E-state index contributed by atoms with van der Waals surface area (Å²) in [6.07, 6.45) is 0. The third-order valence-electron chi connectivity index (χ3n) is 3.06. The van der Waals surface area contributed by atoms with Crippen LogP contribution in [0.2, 0.25) is 0 Å².